The molecule has 0 amide bonds. The first-order chi connectivity index (χ1) is 10.6. The lowest BCUT2D eigenvalue weighted by molar-refractivity contribution is 0.311. The van der Waals surface area contributed by atoms with E-state index in [1.54, 1.807) is 24.3 Å². The van der Waals surface area contributed by atoms with Crippen LogP contribution in [0.4, 0.5) is 4.39 Å². The van der Waals surface area contributed by atoms with Crippen molar-refractivity contribution in [1.29, 1.82) is 0 Å². The predicted octanol–water partition coefficient (Wildman–Crippen LogP) is 2.71. The Morgan fingerprint density at radius 1 is 1.00 bits per heavy atom. The molecular formula is C16H18FNO3S. The van der Waals surface area contributed by atoms with Crippen molar-refractivity contribution in [3.05, 3.63) is 66.0 Å². The van der Waals surface area contributed by atoms with E-state index >= 15 is 0 Å². The fourth-order valence-electron chi connectivity index (χ4n) is 1.87. The molecule has 0 bridgehead atoms. The second kappa shape index (κ2) is 7.91. The summed E-state index contributed by atoms with van der Waals surface area (Å²) >= 11 is 0. The fourth-order valence-corrected chi connectivity index (χ4v) is 3.05. The molecule has 0 aliphatic carbocycles. The summed E-state index contributed by atoms with van der Waals surface area (Å²) in [5, 5.41) is 0. The van der Waals surface area contributed by atoms with E-state index < -0.39 is 10.0 Å². The van der Waals surface area contributed by atoms with Crippen LogP contribution in [0.3, 0.4) is 0 Å². The monoisotopic (exact) mass is 323 g/mol. The average molecular weight is 323 g/mol. The Labute approximate surface area is 130 Å². The topological polar surface area (TPSA) is 55.4 Å². The largest absolute Gasteiger partial charge is 0.494 e. The lowest BCUT2D eigenvalue weighted by Gasteiger charge is -2.08. The standard InChI is InChI=1S/C16H18FNO3S/c17-15-7-9-16(10-8-15)21-12-4-11-18-22(19,20)13-14-5-2-1-3-6-14/h1-3,5-10,18H,4,11-13H2. The molecule has 118 valence electrons. The van der Waals surface area contributed by atoms with Gasteiger partial charge in [0.05, 0.1) is 12.4 Å². The molecule has 22 heavy (non-hydrogen) atoms. The Kier molecular flexibility index (Phi) is 5.91. The Bertz CT molecular complexity index is 672. The summed E-state index contributed by atoms with van der Waals surface area (Å²) in [6.45, 7) is 0.663. The number of hydrogen-bond acceptors (Lipinski definition) is 3. The van der Waals surface area contributed by atoms with Crippen LogP contribution in [0.5, 0.6) is 5.75 Å². The fraction of sp³-hybridized carbons (Fsp3) is 0.250. The lowest BCUT2D eigenvalue weighted by Crippen LogP contribution is -2.27. The van der Waals surface area contributed by atoms with Crippen LogP contribution in [-0.2, 0) is 15.8 Å². The van der Waals surface area contributed by atoms with Gasteiger partial charge in [-0.05, 0) is 36.2 Å². The number of hydrogen-bond donors (Lipinski definition) is 1. The summed E-state index contributed by atoms with van der Waals surface area (Å²) < 4.78 is 44.4. The number of benzene rings is 2. The van der Waals surface area contributed by atoms with Gasteiger partial charge in [0.15, 0.2) is 0 Å². The van der Waals surface area contributed by atoms with Crippen LogP contribution in [-0.4, -0.2) is 21.6 Å². The third-order valence-corrected chi connectivity index (χ3v) is 4.28. The van der Waals surface area contributed by atoms with E-state index in [-0.39, 0.29) is 11.6 Å². The zero-order chi connectivity index (χ0) is 15.8. The van der Waals surface area contributed by atoms with E-state index in [1.165, 1.54) is 24.3 Å². The van der Waals surface area contributed by atoms with Crippen molar-refractivity contribution in [2.45, 2.75) is 12.2 Å². The summed E-state index contributed by atoms with van der Waals surface area (Å²) in [4.78, 5) is 0. The second-order valence-corrected chi connectivity index (χ2v) is 6.60. The maximum absolute atomic E-state index is 12.7. The third kappa shape index (κ3) is 5.83. The van der Waals surface area contributed by atoms with Gasteiger partial charge < -0.3 is 4.74 Å². The Balaban J connectivity index is 1.68. The number of rotatable bonds is 8. The zero-order valence-corrected chi connectivity index (χ0v) is 12.9. The molecule has 0 aliphatic heterocycles. The van der Waals surface area contributed by atoms with Gasteiger partial charge in [0.1, 0.15) is 11.6 Å². The first-order valence-electron chi connectivity index (χ1n) is 6.95. The maximum Gasteiger partial charge on any atom is 0.215 e. The predicted molar refractivity (Wildman–Crippen MR) is 83.6 cm³/mol. The number of ether oxygens (including phenoxy) is 1. The smallest absolute Gasteiger partial charge is 0.215 e. The molecule has 2 aromatic carbocycles. The van der Waals surface area contributed by atoms with Gasteiger partial charge in [0.2, 0.25) is 10.0 Å². The molecule has 0 heterocycles. The van der Waals surface area contributed by atoms with Crippen molar-refractivity contribution in [2.24, 2.45) is 0 Å². The molecule has 0 saturated carbocycles. The average Bonchev–Trinajstić information content (AvgIpc) is 2.49. The summed E-state index contributed by atoms with van der Waals surface area (Å²) in [6.07, 6.45) is 0.533. The van der Waals surface area contributed by atoms with E-state index in [0.717, 1.165) is 5.56 Å². The van der Waals surface area contributed by atoms with Gasteiger partial charge in [-0.15, -0.1) is 0 Å². The molecule has 0 aromatic heterocycles. The highest BCUT2D eigenvalue weighted by atomic mass is 32.2. The Hall–Kier alpha value is -1.92. The van der Waals surface area contributed by atoms with Crippen molar-refractivity contribution in [3.8, 4) is 5.75 Å². The lowest BCUT2D eigenvalue weighted by atomic mass is 10.2. The molecule has 0 atom stereocenters. The highest BCUT2D eigenvalue weighted by Crippen LogP contribution is 2.11. The van der Waals surface area contributed by atoms with Gasteiger partial charge in [-0.1, -0.05) is 30.3 Å². The van der Waals surface area contributed by atoms with E-state index in [1.807, 2.05) is 6.07 Å². The van der Waals surface area contributed by atoms with E-state index in [2.05, 4.69) is 4.72 Å². The van der Waals surface area contributed by atoms with Crippen molar-refractivity contribution in [3.63, 3.8) is 0 Å². The molecule has 0 saturated heterocycles. The van der Waals surface area contributed by atoms with Gasteiger partial charge in [-0.2, -0.15) is 0 Å². The minimum Gasteiger partial charge on any atom is -0.494 e. The molecule has 0 aliphatic rings. The van der Waals surface area contributed by atoms with Crippen LogP contribution in [0, 0.1) is 5.82 Å². The molecule has 0 radical (unpaired) electrons. The summed E-state index contributed by atoms with van der Waals surface area (Å²) in [5.74, 6) is 0.210. The summed E-state index contributed by atoms with van der Waals surface area (Å²) in [5.41, 5.74) is 0.748. The zero-order valence-electron chi connectivity index (χ0n) is 12.0. The van der Waals surface area contributed by atoms with E-state index in [4.69, 9.17) is 4.74 Å². The van der Waals surface area contributed by atoms with Gasteiger partial charge in [0, 0.05) is 6.54 Å². The highest BCUT2D eigenvalue weighted by molar-refractivity contribution is 7.88. The second-order valence-electron chi connectivity index (χ2n) is 4.79. The Morgan fingerprint density at radius 2 is 1.68 bits per heavy atom. The first kappa shape index (κ1) is 16.5. The molecule has 2 aromatic rings. The van der Waals surface area contributed by atoms with Crippen molar-refractivity contribution >= 4 is 10.0 Å². The molecule has 6 heteroatoms. The highest BCUT2D eigenvalue weighted by Gasteiger charge is 2.10. The van der Waals surface area contributed by atoms with Crippen LogP contribution in [0.2, 0.25) is 0 Å². The quantitative estimate of drug-likeness (QED) is 0.760. The minimum absolute atomic E-state index is 0.0351. The SMILES string of the molecule is O=S(=O)(Cc1ccccc1)NCCCOc1ccc(F)cc1. The van der Waals surface area contributed by atoms with Gasteiger partial charge in [-0.25, -0.2) is 17.5 Å². The number of sulfonamides is 1. The van der Waals surface area contributed by atoms with Crippen molar-refractivity contribution in [1.82, 2.24) is 4.72 Å². The van der Waals surface area contributed by atoms with Gasteiger partial charge in [0.25, 0.3) is 0 Å². The van der Waals surface area contributed by atoms with Crippen molar-refractivity contribution < 1.29 is 17.5 Å². The summed E-state index contributed by atoms with van der Waals surface area (Å²) in [6, 6.07) is 14.7. The molecule has 2 rings (SSSR count). The van der Waals surface area contributed by atoms with Crippen LogP contribution in [0.1, 0.15) is 12.0 Å². The third-order valence-electron chi connectivity index (χ3n) is 2.92. The Morgan fingerprint density at radius 3 is 2.36 bits per heavy atom. The van der Waals surface area contributed by atoms with Crippen LogP contribution in [0.25, 0.3) is 0 Å². The molecule has 0 fully saturated rings. The van der Waals surface area contributed by atoms with Crippen LogP contribution < -0.4 is 9.46 Å². The van der Waals surface area contributed by atoms with Crippen LogP contribution in [0.15, 0.2) is 54.6 Å². The van der Waals surface area contributed by atoms with Gasteiger partial charge >= 0.3 is 0 Å². The molecule has 0 spiro atoms. The molecule has 1 N–H and O–H groups in total. The van der Waals surface area contributed by atoms with Crippen molar-refractivity contribution in [2.75, 3.05) is 13.2 Å². The maximum atomic E-state index is 12.7. The number of nitrogens with one attached hydrogen (secondary N) is 1. The molecule has 0 unspecified atom stereocenters. The van der Waals surface area contributed by atoms with E-state index in [0.29, 0.717) is 25.3 Å². The first-order valence-corrected chi connectivity index (χ1v) is 8.60. The molecule has 4 nitrogen and oxygen atoms in total. The van der Waals surface area contributed by atoms with Gasteiger partial charge in [-0.3, -0.25) is 0 Å². The normalized spacial score (nSPS) is 11.3. The minimum atomic E-state index is -3.34. The molecular weight excluding hydrogens is 305 g/mol. The summed E-state index contributed by atoms with van der Waals surface area (Å²) in [7, 11) is -3.34. The van der Waals surface area contributed by atoms with E-state index in [9.17, 15) is 12.8 Å². The number of halogens is 1. The van der Waals surface area contributed by atoms with Crippen LogP contribution >= 0.6 is 0 Å².